The second-order valence-electron chi connectivity index (χ2n) is 5.87. The van der Waals surface area contributed by atoms with E-state index in [9.17, 15) is 14.7 Å². The van der Waals surface area contributed by atoms with E-state index in [4.69, 9.17) is 4.74 Å². The van der Waals surface area contributed by atoms with Crippen LogP contribution in [0.2, 0.25) is 0 Å². The van der Waals surface area contributed by atoms with Gasteiger partial charge in [-0.25, -0.2) is 4.79 Å². The molecule has 0 bridgehead atoms. The summed E-state index contributed by atoms with van der Waals surface area (Å²) in [5, 5.41) is 12.5. The summed E-state index contributed by atoms with van der Waals surface area (Å²) < 4.78 is 4.95. The van der Waals surface area contributed by atoms with Gasteiger partial charge in [0.25, 0.3) is 5.91 Å². The molecule has 0 radical (unpaired) electrons. The highest BCUT2D eigenvalue weighted by Gasteiger charge is 2.15. The van der Waals surface area contributed by atoms with Gasteiger partial charge in [-0.3, -0.25) is 4.79 Å². The maximum atomic E-state index is 11.9. The number of amides is 1. The number of phenolic OH excluding ortho intramolecular Hbond substituents is 1. The molecule has 0 atom stereocenters. The normalized spacial score (nSPS) is 10.5. The van der Waals surface area contributed by atoms with E-state index < -0.39 is 18.5 Å². The van der Waals surface area contributed by atoms with E-state index in [1.807, 2.05) is 12.1 Å². The minimum atomic E-state index is -0.735. The number of carbonyl (C=O) groups is 2. The Kier molecular flexibility index (Phi) is 5.58. The van der Waals surface area contributed by atoms with E-state index in [2.05, 4.69) is 19.2 Å². The highest BCUT2D eigenvalue weighted by Crippen LogP contribution is 2.22. The predicted octanol–water partition coefficient (Wildman–Crippen LogP) is 3.62. The second kappa shape index (κ2) is 7.64. The van der Waals surface area contributed by atoms with Crippen molar-refractivity contribution in [3.8, 4) is 5.75 Å². The van der Waals surface area contributed by atoms with Crippen LogP contribution in [-0.2, 0) is 9.53 Å². The maximum Gasteiger partial charge on any atom is 0.342 e. The van der Waals surface area contributed by atoms with Crippen LogP contribution in [0.25, 0.3) is 0 Å². The molecule has 0 aliphatic rings. The Labute approximate surface area is 141 Å². The van der Waals surface area contributed by atoms with Crippen molar-refractivity contribution in [2.75, 3.05) is 11.9 Å². The van der Waals surface area contributed by atoms with Crippen LogP contribution in [0, 0.1) is 6.92 Å². The van der Waals surface area contributed by atoms with Gasteiger partial charge in [0.15, 0.2) is 6.61 Å². The number of aromatic hydroxyl groups is 1. The van der Waals surface area contributed by atoms with Crippen LogP contribution in [0.3, 0.4) is 0 Å². The van der Waals surface area contributed by atoms with Crippen molar-refractivity contribution >= 4 is 17.6 Å². The van der Waals surface area contributed by atoms with Gasteiger partial charge in [0.1, 0.15) is 11.3 Å². The van der Waals surface area contributed by atoms with Crippen molar-refractivity contribution in [1.82, 2.24) is 0 Å². The van der Waals surface area contributed by atoms with Gasteiger partial charge in [0.05, 0.1) is 0 Å². The largest absolute Gasteiger partial charge is 0.507 e. The zero-order valence-corrected chi connectivity index (χ0v) is 14.0. The molecule has 1 amide bonds. The molecule has 24 heavy (non-hydrogen) atoms. The number of anilines is 1. The molecular weight excluding hydrogens is 306 g/mol. The molecule has 2 aromatic rings. The summed E-state index contributed by atoms with van der Waals surface area (Å²) >= 11 is 0. The van der Waals surface area contributed by atoms with Gasteiger partial charge in [0, 0.05) is 5.69 Å². The Balaban J connectivity index is 1.91. The summed E-state index contributed by atoms with van der Waals surface area (Å²) in [6, 6.07) is 12.3. The molecule has 5 heteroatoms. The van der Waals surface area contributed by atoms with Crippen molar-refractivity contribution in [2.45, 2.75) is 26.7 Å². The van der Waals surface area contributed by atoms with Gasteiger partial charge >= 0.3 is 5.97 Å². The maximum absolute atomic E-state index is 11.9. The number of aryl methyl sites for hydroxylation is 1. The van der Waals surface area contributed by atoms with E-state index in [-0.39, 0.29) is 11.3 Å². The van der Waals surface area contributed by atoms with E-state index in [0.717, 1.165) is 0 Å². The number of phenols is 1. The zero-order valence-electron chi connectivity index (χ0n) is 14.0. The molecule has 0 fully saturated rings. The highest BCUT2D eigenvalue weighted by atomic mass is 16.5. The third kappa shape index (κ3) is 4.35. The average molecular weight is 327 g/mol. The molecule has 2 N–H and O–H groups in total. The molecular formula is C19H21NO4. The SMILES string of the molecule is Cc1cccc(C(=O)OCC(=O)Nc2ccc(C(C)C)cc2)c1O. The van der Waals surface area contributed by atoms with Crippen LogP contribution in [0.4, 0.5) is 5.69 Å². The summed E-state index contributed by atoms with van der Waals surface area (Å²) in [5.74, 6) is -0.890. The van der Waals surface area contributed by atoms with Crippen LogP contribution in [0.15, 0.2) is 42.5 Å². The Morgan fingerprint density at radius 3 is 2.42 bits per heavy atom. The molecule has 0 aromatic heterocycles. The fraction of sp³-hybridized carbons (Fsp3) is 0.263. The van der Waals surface area contributed by atoms with E-state index in [1.165, 1.54) is 11.6 Å². The van der Waals surface area contributed by atoms with Crippen LogP contribution in [-0.4, -0.2) is 23.6 Å². The quantitative estimate of drug-likeness (QED) is 0.823. The first kappa shape index (κ1) is 17.5. The van der Waals surface area contributed by atoms with E-state index in [0.29, 0.717) is 17.2 Å². The standard InChI is InChI=1S/C19H21NO4/c1-12(2)14-7-9-15(10-8-14)20-17(21)11-24-19(23)16-6-4-5-13(3)18(16)22/h4-10,12,22H,11H2,1-3H3,(H,20,21). The first-order valence-electron chi connectivity index (χ1n) is 7.74. The number of hydrogen-bond acceptors (Lipinski definition) is 4. The number of carbonyl (C=O) groups excluding carboxylic acids is 2. The van der Waals surface area contributed by atoms with Crippen LogP contribution >= 0.6 is 0 Å². The number of rotatable bonds is 5. The monoisotopic (exact) mass is 327 g/mol. The molecule has 0 unspecified atom stereocenters. The lowest BCUT2D eigenvalue weighted by Crippen LogP contribution is -2.21. The van der Waals surface area contributed by atoms with Crippen LogP contribution in [0.5, 0.6) is 5.75 Å². The van der Waals surface area contributed by atoms with Crippen molar-refractivity contribution in [2.24, 2.45) is 0 Å². The van der Waals surface area contributed by atoms with Crippen molar-refractivity contribution in [3.05, 3.63) is 59.2 Å². The fourth-order valence-corrected chi connectivity index (χ4v) is 2.18. The molecule has 0 aliphatic heterocycles. The van der Waals surface area contributed by atoms with E-state index in [1.54, 1.807) is 31.2 Å². The zero-order chi connectivity index (χ0) is 17.7. The lowest BCUT2D eigenvalue weighted by atomic mass is 10.0. The number of nitrogens with one attached hydrogen (secondary N) is 1. The first-order valence-corrected chi connectivity index (χ1v) is 7.74. The van der Waals surface area contributed by atoms with Crippen molar-refractivity contribution in [3.63, 3.8) is 0 Å². The molecule has 5 nitrogen and oxygen atoms in total. The summed E-state index contributed by atoms with van der Waals surface area (Å²) in [4.78, 5) is 23.8. The molecule has 0 saturated heterocycles. The van der Waals surface area contributed by atoms with Crippen LogP contribution < -0.4 is 5.32 Å². The smallest absolute Gasteiger partial charge is 0.342 e. The van der Waals surface area contributed by atoms with Crippen molar-refractivity contribution < 1.29 is 19.4 Å². The third-order valence-electron chi connectivity index (χ3n) is 3.65. The topological polar surface area (TPSA) is 75.6 Å². The highest BCUT2D eigenvalue weighted by molar-refractivity contribution is 5.96. The number of benzene rings is 2. The number of hydrogen-bond donors (Lipinski definition) is 2. The van der Waals surface area contributed by atoms with Gasteiger partial charge in [0.2, 0.25) is 0 Å². The average Bonchev–Trinajstić information content (AvgIpc) is 2.55. The van der Waals surface area contributed by atoms with E-state index >= 15 is 0 Å². The minimum absolute atomic E-state index is 0.0455. The fourth-order valence-electron chi connectivity index (χ4n) is 2.18. The lowest BCUT2D eigenvalue weighted by molar-refractivity contribution is -0.119. The summed E-state index contributed by atoms with van der Waals surface area (Å²) in [6.07, 6.45) is 0. The number of para-hydroxylation sites is 1. The van der Waals surface area contributed by atoms with Crippen LogP contribution in [0.1, 0.15) is 41.3 Å². The van der Waals surface area contributed by atoms with Gasteiger partial charge in [-0.1, -0.05) is 38.1 Å². The molecule has 0 spiro atoms. The molecule has 0 aliphatic carbocycles. The Morgan fingerprint density at radius 1 is 1.12 bits per heavy atom. The summed E-state index contributed by atoms with van der Waals surface area (Å²) in [7, 11) is 0. The second-order valence-corrected chi connectivity index (χ2v) is 5.87. The van der Waals surface area contributed by atoms with Crippen molar-refractivity contribution in [1.29, 1.82) is 0 Å². The Hall–Kier alpha value is -2.82. The Bertz CT molecular complexity index is 736. The van der Waals surface area contributed by atoms with Gasteiger partial charge in [-0.05, 0) is 42.2 Å². The predicted molar refractivity (Wildman–Crippen MR) is 92.3 cm³/mol. The lowest BCUT2D eigenvalue weighted by Gasteiger charge is -2.10. The number of ether oxygens (including phenoxy) is 1. The first-order chi connectivity index (χ1) is 11.4. The summed E-state index contributed by atoms with van der Waals surface area (Å²) in [6.45, 7) is 5.44. The third-order valence-corrected chi connectivity index (χ3v) is 3.65. The molecule has 0 heterocycles. The molecule has 2 aromatic carbocycles. The van der Waals surface area contributed by atoms with Gasteiger partial charge in [-0.15, -0.1) is 0 Å². The van der Waals surface area contributed by atoms with Gasteiger partial charge < -0.3 is 15.2 Å². The molecule has 0 saturated carbocycles. The number of esters is 1. The molecule has 2 rings (SSSR count). The minimum Gasteiger partial charge on any atom is -0.507 e. The summed E-state index contributed by atoms with van der Waals surface area (Å²) in [5.41, 5.74) is 2.43. The van der Waals surface area contributed by atoms with Gasteiger partial charge in [-0.2, -0.15) is 0 Å². The molecule has 126 valence electrons. The Morgan fingerprint density at radius 2 is 1.79 bits per heavy atom.